The molecule has 0 aliphatic heterocycles. The summed E-state index contributed by atoms with van der Waals surface area (Å²) in [5.41, 5.74) is 5.16. The molecular weight excluding hydrogens is 336 g/mol. The van der Waals surface area contributed by atoms with E-state index in [0.29, 0.717) is 18.8 Å². The first-order chi connectivity index (χ1) is 13.0. The summed E-state index contributed by atoms with van der Waals surface area (Å²) in [6, 6.07) is 10.6. The Morgan fingerprint density at radius 2 is 1.96 bits per heavy atom. The van der Waals surface area contributed by atoms with Crippen LogP contribution in [0, 0.1) is 12.8 Å². The van der Waals surface area contributed by atoms with Gasteiger partial charge in [-0.3, -0.25) is 9.59 Å². The number of benzene rings is 1. The molecule has 2 aromatic rings. The number of nitrogens with one attached hydrogen (secondary N) is 1. The zero-order valence-corrected chi connectivity index (χ0v) is 16.3. The van der Waals surface area contributed by atoms with Crippen molar-refractivity contribution in [3.8, 4) is 0 Å². The topological polar surface area (TPSA) is 51.1 Å². The predicted molar refractivity (Wildman–Crippen MR) is 106 cm³/mol. The summed E-state index contributed by atoms with van der Waals surface area (Å²) in [5.74, 6) is 0.869. The van der Waals surface area contributed by atoms with Crippen molar-refractivity contribution in [2.75, 3.05) is 0 Å². The zero-order chi connectivity index (χ0) is 19.0. The van der Waals surface area contributed by atoms with Crippen molar-refractivity contribution >= 4 is 11.7 Å². The lowest BCUT2D eigenvalue weighted by atomic mass is 9.92. The van der Waals surface area contributed by atoms with Crippen molar-refractivity contribution in [1.29, 1.82) is 0 Å². The minimum atomic E-state index is 0.0375. The van der Waals surface area contributed by atoms with Crippen molar-refractivity contribution in [2.45, 2.75) is 65.0 Å². The number of hydrogen-bond acceptors (Lipinski definition) is 2. The Hall–Kier alpha value is -2.36. The van der Waals surface area contributed by atoms with E-state index in [2.05, 4.69) is 35.9 Å². The number of aromatic nitrogens is 1. The largest absolute Gasteiger partial charge is 0.353 e. The number of fused-ring (bicyclic) bond motifs is 1. The molecule has 1 aromatic carbocycles. The third kappa shape index (κ3) is 3.71. The fourth-order valence-electron chi connectivity index (χ4n) is 4.36. The first-order valence-electron chi connectivity index (χ1n) is 10.1. The summed E-state index contributed by atoms with van der Waals surface area (Å²) in [4.78, 5) is 25.3. The maximum atomic E-state index is 12.7. The van der Waals surface area contributed by atoms with Crippen LogP contribution in [-0.4, -0.2) is 22.3 Å². The summed E-state index contributed by atoms with van der Waals surface area (Å²) in [6.07, 6.45) is 5.13. The Balaban J connectivity index is 1.64. The van der Waals surface area contributed by atoms with Gasteiger partial charge in [-0.25, -0.2) is 0 Å². The number of ketones is 1. The Bertz CT molecular complexity index is 862. The average molecular weight is 364 g/mol. The van der Waals surface area contributed by atoms with Crippen LogP contribution in [0.1, 0.15) is 65.5 Å². The van der Waals surface area contributed by atoms with Gasteiger partial charge in [-0.15, -0.1) is 0 Å². The van der Waals surface area contributed by atoms with Crippen molar-refractivity contribution in [1.82, 2.24) is 9.88 Å². The van der Waals surface area contributed by atoms with E-state index < -0.39 is 0 Å². The maximum absolute atomic E-state index is 12.7. The van der Waals surface area contributed by atoms with E-state index in [1.807, 2.05) is 18.2 Å². The molecular formula is C23H28N2O2. The van der Waals surface area contributed by atoms with Crippen LogP contribution in [0.5, 0.6) is 0 Å². The normalized spacial score (nSPS) is 17.5. The van der Waals surface area contributed by atoms with E-state index in [4.69, 9.17) is 0 Å². The smallest absolute Gasteiger partial charge is 0.224 e. The van der Waals surface area contributed by atoms with E-state index in [1.54, 1.807) is 0 Å². The highest BCUT2D eigenvalue weighted by Gasteiger charge is 2.31. The van der Waals surface area contributed by atoms with Gasteiger partial charge in [-0.2, -0.15) is 0 Å². The molecule has 1 heterocycles. The molecule has 2 aliphatic carbocycles. The molecule has 2 aliphatic rings. The average Bonchev–Trinajstić information content (AvgIpc) is 3.47. The van der Waals surface area contributed by atoms with E-state index in [9.17, 15) is 9.59 Å². The van der Waals surface area contributed by atoms with Gasteiger partial charge in [0, 0.05) is 36.0 Å². The summed E-state index contributed by atoms with van der Waals surface area (Å²) >= 11 is 0. The van der Waals surface area contributed by atoms with E-state index >= 15 is 0 Å². The van der Waals surface area contributed by atoms with E-state index in [1.165, 1.54) is 18.4 Å². The van der Waals surface area contributed by atoms with Crippen LogP contribution in [0.3, 0.4) is 0 Å². The quantitative estimate of drug-likeness (QED) is 0.847. The molecule has 4 nitrogen and oxygen atoms in total. The van der Waals surface area contributed by atoms with Crippen LogP contribution in [0.25, 0.3) is 0 Å². The second kappa shape index (κ2) is 7.34. The van der Waals surface area contributed by atoms with Crippen molar-refractivity contribution < 1.29 is 9.59 Å². The fraction of sp³-hybridized carbons (Fsp3) is 0.478. The lowest BCUT2D eigenvalue weighted by Gasteiger charge is -2.16. The molecule has 1 saturated carbocycles. The Morgan fingerprint density at radius 3 is 2.67 bits per heavy atom. The number of carbonyl (C=O) groups is 2. The summed E-state index contributed by atoms with van der Waals surface area (Å²) in [5, 5.41) is 3.14. The van der Waals surface area contributed by atoms with Gasteiger partial charge in [0.15, 0.2) is 5.78 Å². The SMILES string of the molecule is Cc1c(CC(=O)NC(C)C2CC2)c2c(n1Cc1ccccc1)CCCC2=O. The highest BCUT2D eigenvalue weighted by Crippen LogP contribution is 2.33. The van der Waals surface area contributed by atoms with E-state index in [-0.39, 0.29) is 17.7 Å². The van der Waals surface area contributed by atoms with Crippen molar-refractivity contribution in [2.24, 2.45) is 5.92 Å². The molecule has 1 fully saturated rings. The molecule has 142 valence electrons. The molecule has 0 saturated heterocycles. The van der Waals surface area contributed by atoms with Gasteiger partial charge in [0.1, 0.15) is 0 Å². The van der Waals surface area contributed by atoms with Crippen LogP contribution < -0.4 is 5.32 Å². The molecule has 1 aromatic heterocycles. The van der Waals surface area contributed by atoms with Crippen LogP contribution in [0.4, 0.5) is 0 Å². The third-order valence-electron chi connectivity index (χ3n) is 6.09. The van der Waals surface area contributed by atoms with Gasteiger partial charge in [0.05, 0.1) is 6.42 Å². The van der Waals surface area contributed by atoms with Gasteiger partial charge < -0.3 is 9.88 Å². The van der Waals surface area contributed by atoms with Gasteiger partial charge in [0.25, 0.3) is 0 Å². The molecule has 0 spiro atoms. The Labute approximate surface area is 161 Å². The number of hydrogen-bond donors (Lipinski definition) is 1. The second-order valence-corrected chi connectivity index (χ2v) is 8.10. The minimum absolute atomic E-state index is 0.0375. The van der Waals surface area contributed by atoms with Gasteiger partial charge in [-0.05, 0) is 56.6 Å². The van der Waals surface area contributed by atoms with E-state index in [0.717, 1.165) is 41.9 Å². The molecule has 1 unspecified atom stereocenters. The summed E-state index contributed by atoms with van der Waals surface area (Å²) in [6.45, 7) is 4.90. The van der Waals surface area contributed by atoms with Crippen LogP contribution in [0.15, 0.2) is 30.3 Å². The molecule has 1 atom stereocenters. The van der Waals surface area contributed by atoms with Crippen molar-refractivity contribution in [3.63, 3.8) is 0 Å². The summed E-state index contributed by atoms with van der Waals surface area (Å²) in [7, 11) is 0. The number of amides is 1. The number of nitrogens with zero attached hydrogens (tertiary/aromatic N) is 1. The van der Waals surface area contributed by atoms with Crippen LogP contribution in [0.2, 0.25) is 0 Å². The Kier molecular flexibility index (Phi) is 4.90. The molecule has 0 bridgehead atoms. The number of Topliss-reactive ketones (excluding diaryl/α,β-unsaturated/α-hetero) is 1. The van der Waals surface area contributed by atoms with Crippen LogP contribution >= 0.6 is 0 Å². The molecule has 1 N–H and O–H groups in total. The monoisotopic (exact) mass is 364 g/mol. The molecule has 4 rings (SSSR count). The Morgan fingerprint density at radius 1 is 1.22 bits per heavy atom. The predicted octanol–water partition coefficient (Wildman–Crippen LogP) is 3.82. The van der Waals surface area contributed by atoms with Gasteiger partial charge in [0.2, 0.25) is 5.91 Å². The second-order valence-electron chi connectivity index (χ2n) is 8.10. The van der Waals surface area contributed by atoms with Crippen molar-refractivity contribution in [3.05, 3.63) is 58.4 Å². The minimum Gasteiger partial charge on any atom is -0.353 e. The summed E-state index contributed by atoms with van der Waals surface area (Å²) < 4.78 is 2.26. The number of carbonyl (C=O) groups excluding carboxylic acids is 2. The number of rotatable bonds is 6. The first-order valence-corrected chi connectivity index (χ1v) is 10.1. The molecule has 0 radical (unpaired) electrons. The lowest BCUT2D eigenvalue weighted by molar-refractivity contribution is -0.121. The highest BCUT2D eigenvalue weighted by atomic mass is 16.1. The first kappa shape index (κ1) is 18.0. The maximum Gasteiger partial charge on any atom is 0.224 e. The van der Waals surface area contributed by atoms with Gasteiger partial charge in [-0.1, -0.05) is 30.3 Å². The van der Waals surface area contributed by atoms with Gasteiger partial charge >= 0.3 is 0 Å². The fourth-order valence-corrected chi connectivity index (χ4v) is 4.36. The molecule has 4 heteroatoms. The molecule has 27 heavy (non-hydrogen) atoms. The van der Waals surface area contributed by atoms with Crippen LogP contribution in [-0.2, 0) is 24.2 Å². The lowest BCUT2D eigenvalue weighted by Crippen LogP contribution is -2.35. The highest BCUT2D eigenvalue weighted by molar-refractivity contribution is 6.01. The molecule has 1 amide bonds. The third-order valence-corrected chi connectivity index (χ3v) is 6.09. The standard InChI is InChI=1S/C23H28N2O2/c1-15(18-11-12-18)24-22(27)13-19-16(2)25(14-17-7-4-3-5-8-17)20-9-6-10-21(26)23(19)20/h3-5,7-8,15,18H,6,9-14H2,1-2H3,(H,24,27). The zero-order valence-electron chi connectivity index (χ0n) is 16.3.